The highest BCUT2D eigenvalue weighted by molar-refractivity contribution is 5.93. The third kappa shape index (κ3) is 3.56. The van der Waals surface area contributed by atoms with Crippen LogP contribution in [0.2, 0.25) is 0 Å². The highest BCUT2D eigenvalue weighted by Gasteiger charge is 2.24. The van der Waals surface area contributed by atoms with Gasteiger partial charge in [-0.25, -0.2) is 9.97 Å². The van der Waals surface area contributed by atoms with Crippen molar-refractivity contribution < 1.29 is 14.4 Å². The minimum Gasteiger partial charge on any atom is -0.481 e. The average molecular weight is 376 g/mol. The molecule has 1 atom stereocenters. The molecule has 140 valence electrons. The molecule has 1 saturated heterocycles. The predicted molar refractivity (Wildman–Crippen MR) is 104 cm³/mol. The van der Waals surface area contributed by atoms with Gasteiger partial charge >= 0.3 is 5.69 Å². The van der Waals surface area contributed by atoms with Crippen molar-refractivity contribution in [1.29, 1.82) is 0 Å². The Morgan fingerprint density at radius 3 is 2.96 bits per heavy atom. The number of rotatable bonds is 5. The molecule has 1 unspecified atom stereocenters. The minimum atomic E-state index is -0.472. The molecule has 0 saturated carbocycles. The number of nitrogens with one attached hydrogen (secondary N) is 1. The molecule has 1 fully saturated rings. The van der Waals surface area contributed by atoms with Gasteiger partial charge in [0.15, 0.2) is 5.75 Å². The molecular formula is C20H16N4O4. The molecule has 8 nitrogen and oxygen atoms in total. The Balaban J connectivity index is 1.75. The van der Waals surface area contributed by atoms with Crippen molar-refractivity contribution in [3.05, 3.63) is 58.4 Å². The number of ether oxygens (including phenoxy) is 2. The fraction of sp³-hybridized carbons (Fsp3) is 0.200. The zero-order valence-electron chi connectivity index (χ0n) is 14.8. The van der Waals surface area contributed by atoms with Crippen LogP contribution in [-0.4, -0.2) is 34.2 Å². The number of fused-ring (bicyclic) bond motifs is 1. The van der Waals surface area contributed by atoms with E-state index in [2.05, 4.69) is 21.2 Å². The monoisotopic (exact) mass is 376 g/mol. The SMILES string of the molecule is C#Cc1cccc(Nc2ncnc3cc(OC4CCOC4)c([N+](=O)[O-])cc23)c1. The van der Waals surface area contributed by atoms with Crippen LogP contribution in [0.3, 0.4) is 0 Å². The van der Waals surface area contributed by atoms with Gasteiger partial charge in [0.05, 0.1) is 29.0 Å². The Labute approximate surface area is 160 Å². The molecule has 1 aromatic heterocycles. The summed E-state index contributed by atoms with van der Waals surface area (Å²) in [4.78, 5) is 19.6. The van der Waals surface area contributed by atoms with E-state index in [1.54, 1.807) is 12.1 Å². The van der Waals surface area contributed by atoms with Crippen LogP contribution in [0.1, 0.15) is 12.0 Å². The van der Waals surface area contributed by atoms with Gasteiger partial charge in [0.1, 0.15) is 18.2 Å². The summed E-state index contributed by atoms with van der Waals surface area (Å²) in [6.45, 7) is 0.996. The van der Waals surface area contributed by atoms with E-state index in [4.69, 9.17) is 15.9 Å². The van der Waals surface area contributed by atoms with Gasteiger partial charge in [0.2, 0.25) is 0 Å². The van der Waals surface area contributed by atoms with Crippen LogP contribution in [0, 0.1) is 22.5 Å². The molecule has 4 rings (SSSR count). The zero-order chi connectivity index (χ0) is 19.5. The summed E-state index contributed by atoms with van der Waals surface area (Å²) in [7, 11) is 0. The summed E-state index contributed by atoms with van der Waals surface area (Å²) in [5.74, 6) is 3.18. The number of nitro groups is 1. The number of hydrogen-bond donors (Lipinski definition) is 1. The van der Waals surface area contributed by atoms with Crippen LogP contribution in [0.25, 0.3) is 10.9 Å². The molecule has 8 heteroatoms. The Hall–Kier alpha value is -3.70. The topological polar surface area (TPSA) is 99.4 Å². The average Bonchev–Trinajstić information content (AvgIpc) is 3.21. The van der Waals surface area contributed by atoms with E-state index >= 15 is 0 Å². The van der Waals surface area contributed by atoms with Crippen molar-refractivity contribution in [2.75, 3.05) is 18.5 Å². The quantitative estimate of drug-likeness (QED) is 0.414. The van der Waals surface area contributed by atoms with Crippen LogP contribution in [0.15, 0.2) is 42.7 Å². The van der Waals surface area contributed by atoms with Crippen molar-refractivity contribution in [3.63, 3.8) is 0 Å². The summed E-state index contributed by atoms with van der Waals surface area (Å²) < 4.78 is 11.1. The first-order chi connectivity index (χ1) is 13.6. The van der Waals surface area contributed by atoms with E-state index in [1.807, 2.05) is 18.2 Å². The van der Waals surface area contributed by atoms with E-state index in [9.17, 15) is 10.1 Å². The number of anilines is 2. The second-order valence-corrected chi connectivity index (χ2v) is 6.27. The van der Waals surface area contributed by atoms with Gasteiger partial charge in [-0.05, 0) is 18.2 Å². The van der Waals surface area contributed by atoms with Crippen molar-refractivity contribution in [2.45, 2.75) is 12.5 Å². The fourth-order valence-electron chi connectivity index (χ4n) is 3.02. The number of terminal acetylenes is 1. The normalized spacial score (nSPS) is 15.9. The molecule has 2 heterocycles. The maximum atomic E-state index is 11.6. The summed E-state index contributed by atoms with van der Waals surface area (Å²) >= 11 is 0. The van der Waals surface area contributed by atoms with Crippen molar-refractivity contribution in [3.8, 4) is 18.1 Å². The van der Waals surface area contributed by atoms with Gasteiger partial charge in [0, 0.05) is 29.8 Å². The van der Waals surface area contributed by atoms with E-state index in [0.29, 0.717) is 41.9 Å². The maximum absolute atomic E-state index is 11.6. The molecule has 1 aliphatic rings. The van der Waals surface area contributed by atoms with Gasteiger partial charge in [-0.15, -0.1) is 6.42 Å². The van der Waals surface area contributed by atoms with Crippen LogP contribution < -0.4 is 10.1 Å². The summed E-state index contributed by atoms with van der Waals surface area (Å²) in [5.41, 5.74) is 1.82. The van der Waals surface area contributed by atoms with Crippen LogP contribution in [0.4, 0.5) is 17.2 Å². The maximum Gasteiger partial charge on any atom is 0.311 e. The van der Waals surface area contributed by atoms with Crippen molar-refractivity contribution in [2.24, 2.45) is 0 Å². The first-order valence-corrected chi connectivity index (χ1v) is 8.65. The molecule has 0 spiro atoms. The van der Waals surface area contributed by atoms with E-state index < -0.39 is 4.92 Å². The molecule has 2 aromatic carbocycles. The highest BCUT2D eigenvalue weighted by Crippen LogP contribution is 2.35. The first kappa shape index (κ1) is 17.7. The Morgan fingerprint density at radius 1 is 1.32 bits per heavy atom. The lowest BCUT2D eigenvalue weighted by Crippen LogP contribution is -2.16. The smallest absolute Gasteiger partial charge is 0.311 e. The van der Waals surface area contributed by atoms with E-state index in [-0.39, 0.29) is 17.5 Å². The van der Waals surface area contributed by atoms with Gasteiger partial charge in [-0.2, -0.15) is 0 Å². The molecular weight excluding hydrogens is 360 g/mol. The molecule has 0 amide bonds. The molecule has 0 aliphatic carbocycles. The standard InChI is InChI=1S/C20H16N4O4/c1-2-13-4-3-5-14(8-13)23-20-16-9-18(24(25)26)19(10-17(16)21-12-22-20)28-15-6-7-27-11-15/h1,3-5,8-10,12,15H,6-7,11H2,(H,21,22,23). The number of benzene rings is 2. The summed E-state index contributed by atoms with van der Waals surface area (Å²) in [5, 5.41) is 15.3. The van der Waals surface area contributed by atoms with Crippen LogP contribution >= 0.6 is 0 Å². The van der Waals surface area contributed by atoms with E-state index in [1.165, 1.54) is 12.4 Å². The van der Waals surface area contributed by atoms with Crippen molar-refractivity contribution >= 4 is 28.1 Å². The van der Waals surface area contributed by atoms with Gasteiger partial charge in [-0.1, -0.05) is 12.0 Å². The number of nitro benzene ring substituents is 1. The van der Waals surface area contributed by atoms with Gasteiger partial charge in [-0.3, -0.25) is 10.1 Å². The van der Waals surface area contributed by atoms with Crippen LogP contribution in [-0.2, 0) is 4.74 Å². The third-order valence-corrected chi connectivity index (χ3v) is 4.39. The summed E-state index contributed by atoms with van der Waals surface area (Å²) in [6, 6.07) is 10.2. The molecule has 28 heavy (non-hydrogen) atoms. The number of aromatic nitrogens is 2. The van der Waals surface area contributed by atoms with Gasteiger partial charge < -0.3 is 14.8 Å². The fourth-order valence-corrected chi connectivity index (χ4v) is 3.02. The molecule has 1 N–H and O–H groups in total. The largest absolute Gasteiger partial charge is 0.481 e. The second kappa shape index (κ2) is 7.50. The number of hydrogen-bond acceptors (Lipinski definition) is 7. The molecule has 3 aromatic rings. The Kier molecular flexibility index (Phi) is 4.74. The molecule has 0 bridgehead atoms. The van der Waals surface area contributed by atoms with E-state index in [0.717, 1.165) is 5.69 Å². The minimum absolute atomic E-state index is 0.144. The van der Waals surface area contributed by atoms with Crippen molar-refractivity contribution in [1.82, 2.24) is 9.97 Å². The van der Waals surface area contributed by atoms with Crippen LogP contribution in [0.5, 0.6) is 5.75 Å². The number of nitrogens with zero attached hydrogens (tertiary/aromatic N) is 3. The predicted octanol–water partition coefficient (Wildman–Crippen LogP) is 3.43. The summed E-state index contributed by atoms with van der Waals surface area (Å²) in [6.07, 6.45) is 7.32. The lowest BCUT2D eigenvalue weighted by atomic mass is 10.1. The third-order valence-electron chi connectivity index (χ3n) is 4.39. The Morgan fingerprint density at radius 2 is 2.21 bits per heavy atom. The molecule has 1 aliphatic heterocycles. The molecule has 0 radical (unpaired) electrons. The lowest BCUT2D eigenvalue weighted by Gasteiger charge is -2.14. The second-order valence-electron chi connectivity index (χ2n) is 6.27. The lowest BCUT2D eigenvalue weighted by molar-refractivity contribution is -0.385. The Bertz CT molecular complexity index is 1090. The first-order valence-electron chi connectivity index (χ1n) is 8.65. The highest BCUT2D eigenvalue weighted by atomic mass is 16.6. The van der Waals surface area contributed by atoms with Gasteiger partial charge in [0.25, 0.3) is 0 Å². The zero-order valence-corrected chi connectivity index (χ0v) is 14.8.